The zero-order valence-electron chi connectivity index (χ0n) is 14.6. The normalized spacial score (nSPS) is 20.9. The average molecular weight is 412 g/mol. The van der Waals surface area contributed by atoms with Crippen LogP contribution in [0.4, 0.5) is 0 Å². The topological polar surface area (TPSA) is 60.9 Å². The van der Waals surface area contributed by atoms with Gasteiger partial charge in [-0.1, -0.05) is 24.3 Å². The molecule has 1 atom stereocenters. The minimum atomic E-state index is -0.546. The van der Waals surface area contributed by atoms with Crippen LogP contribution >= 0.6 is 15.9 Å². The van der Waals surface area contributed by atoms with Crippen LogP contribution in [0.15, 0.2) is 41.0 Å². The van der Waals surface area contributed by atoms with Gasteiger partial charge < -0.3 is 15.4 Å². The fourth-order valence-electron chi connectivity index (χ4n) is 4.08. The standard InChI is InChI=1S/C21H22BrN3O/c22-18-9-8-17-20(25-18)15-2-1-3-16(19(15)24-17)23-12-13-4-6-14(7-5-13)21(26)10-11-21/h4-9,16,23-24,26H,1-3,10-12H2/t16-/m1/s1. The number of halogens is 1. The Kier molecular flexibility index (Phi) is 3.92. The highest BCUT2D eigenvalue weighted by Crippen LogP contribution is 2.45. The second kappa shape index (κ2) is 6.19. The van der Waals surface area contributed by atoms with Crippen molar-refractivity contribution in [2.24, 2.45) is 0 Å². The molecule has 5 heteroatoms. The van der Waals surface area contributed by atoms with Crippen LogP contribution in [0.25, 0.3) is 11.0 Å². The molecule has 1 fully saturated rings. The molecular weight excluding hydrogens is 390 g/mol. The van der Waals surface area contributed by atoms with Gasteiger partial charge in [-0.3, -0.25) is 0 Å². The van der Waals surface area contributed by atoms with Crippen LogP contribution in [0, 0.1) is 0 Å². The SMILES string of the molecule is OC1(c2ccc(CN[C@@H]3CCCc4c3[nH]c3ccc(Br)nc43)cc2)CC1. The van der Waals surface area contributed by atoms with E-state index in [1.165, 1.54) is 23.2 Å². The zero-order chi connectivity index (χ0) is 17.7. The second-order valence-corrected chi connectivity index (χ2v) is 8.41. The molecule has 2 aliphatic rings. The molecule has 0 saturated heterocycles. The molecule has 1 aromatic carbocycles. The Hall–Kier alpha value is -1.69. The summed E-state index contributed by atoms with van der Waals surface area (Å²) >= 11 is 3.49. The van der Waals surface area contributed by atoms with Gasteiger partial charge in [-0.2, -0.15) is 0 Å². The Morgan fingerprint density at radius 3 is 2.77 bits per heavy atom. The Bertz CT molecular complexity index is 959. The summed E-state index contributed by atoms with van der Waals surface area (Å²) in [5.41, 5.74) is 6.63. The summed E-state index contributed by atoms with van der Waals surface area (Å²) in [6.07, 6.45) is 5.18. The molecule has 0 radical (unpaired) electrons. The van der Waals surface area contributed by atoms with Crippen LogP contribution in [-0.2, 0) is 18.6 Å². The predicted octanol–water partition coefficient (Wildman–Crippen LogP) is 4.47. The van der Waals surface area contributed by atoms with Crippen LogP contribution < -0.4 is 5.32 Å². The molecule has 0 spiro atoms. The first-order valence-corrected chi connectivity index (χ1v) is 10.1. The van der Waals surface area contributed by atoms with Crippen LogP contribution in [-0.4, -0.2) is 15.1 Å². The van der Waals surface area contributed by atoms with Crippen molar-refractivity contribution in [3.05, 3.63) is 63.4 Å². The lowest BCUT2D eigenvalue weighted by atomic mass is 9.92. The molecule has 1 saturated carbocycles. The number of aliphatic hydroxyl groups is 1. The third-order valence-electron chi connectivity index (χ3n) is 5.78. The average Bonchev–Trinajstić information content (AvgIpc) is 3.30. The summed E-state index contributed by atoms with van der Waals surface area (Å²) in [4.78, 5) is 8.26. The van der Waals surface area contributed by atoms with Gasteiger partial charge in [0.05, 0.1) is 16.6 Å². The third-order valence-corrected chi connectivity index (χ3v) is 6.22. The fourth-order valence-corrected chi connectivity index (χ4v) is 4.39. The van der Waals surface area contributed by atoms with E-state index < -0.39 is 5.60 Å². The second-order valence-electron chi connectivity index (χ2n) is 7.60. The highest BCUT2D eigenvalue weighted by molar-refractivity contribution is 9.10. The van der Waals surface area contributed by atoms with Crippen LogP contribution in [0.5, 0.6) is 0 Å². The number of pyridine rings is 1. The minimum absolute atomic E-state index is 0.332. The number of aromatic amines is 1. The van der Waals surface area contributed by atoms with E-state index >= 15 is 0 Å². The number of rotatable bonds is 4. The molecule has 2 aliphatic carbocycles. The first-order chi connectivity index (χ1) is 12.6. The van der Waals surface area contributed by atoms with E-state index in [0.717, 1.165) is 53.4 Å². The van der Waals surface area contributed by atoms with Crippen molar-refractivity contribution in [3.8, 4) is 0 Å². The molecule has 0 bridgehead atoms. The van der Waals surface area contributed by atoms with E-state index in [2.05, 4.69) is 61.5 Å². The molecule has 4 nitrogen and oxygen atoms in total. The fraction of sp³-hybridized carbons (Fsp3) is 0.381. The maximum absolute atomic E-state index is 10.2. The number of hydrogen-bond donors (Lipinski definition) is 3. The lowest BCUT2D eigenvalue weighted by Crippen LogP contribution is -2.25. The number of fused-ring (bicyclic) bond motifs is 3. The molecule has 0 aliphatic heterocycles. The highest BCUT2D eigenvalue weighted by Gasteiger charge is 2.41. The monoisotopic (exact) mass is 411 g/mol. The van der Waals surface area contributed by atoms with Gasteiger partial charge in [-0.05, 0) is 71.3 Å². The molecule has 0 amide bonds. The van der Waals surface area contributed by atoms with Gasteiger partial charge in [0.2, 0.25) is 0 Å². The molecule has 2 aromatic heterocycles. The summed E-state index contributed by atoms with van der Waals surface area (Å²) < 4.78 is 0.888. The number of hydrogen-bond acceptors (Lipinski definition) is 3. The smallest absolute Gasteiger partial charge is 0.106 e. The van der Waals surface area contributed by atoms with Crippen molar-refractivity contribution in [1.29, 1.82) is 0 Å². The third kappa shape index (κ3) is 2.88. The maximum atomic E-state index is 10.2. The van der Waals surface area contributed by atoms with E-state index in [1.807, 2.05) is 6.07 Å². The summed E-state index contributed by atoms with van der Waals surface area (Å²) in [6, 6.07) is 12.8. The van der Waals surface area contributed by atoms with Crippen molar-refractivity contribution in [2.45, 2.75) is 50.3 Å². The Morgan fingerprint density at radius 1 is 1.19 bits per heavy atom. The number of benzene rings is 1. The van der Waals surface area contributed by atoms with Crippen LogP contribution in [0.3, 0.4) is 0 Å². The summed E-state index contributed by atoms with van der Waals surface area (Å²) in [5, 5.41) is 13.9. The van der Waals surface area contributed by atoms with Gasteiger partial charge in [-0.15, -0.1) is 0 Å². The summed E-state index contributed by atoms with van der Waals surface area (Å²) in [5.74, 6) is 0. The van der Waals surface area contributed by atoms with Gasteiger partial charge in [-0.25, -0.2) is 4.98 Å². The lowest BCUT2D eigenvalue weighted by Gasteiger charge is -2.24. The highest BCUT2D eigenvalue weighted by atomic mass is 79.9. The quantitative estimate of drug-likeness (QED) is 0.554. The van der Waals surface area contributed by atoms with Gasteiger partial charge in [0.15, 0.2) is 0 Å². The zero-order valence-corrected chi connectivity index (χ0v) is 16.1. The van der Waals surface area contributed by atoms with Crippen molar-refractivity contribution >= 4 is 27.0 Å². The first-order valence-electron chi connectivity index (χ1n) is 9.35. The molecule has 134 valence electrons. The maximum Gasteiger partial charge on any atom is 0.106 e. The number of nitrogens with zero attached hydrogens (tertiary/aromatic N) is 1. The van der Waals surface area contributed by atoms with Crippen molar-refractivity contribution in [3.63, 3.8) is 0 Å². The molecule has 26 heavy (non-hydrogen) atoms. The van der Waals surface area contributed by atoms with E-state index in [0.29, 0.717) is 6.04 Å². The largest absolute Gasteiger partial charge is 0.385 e. The Balaban J connectivity index is 1.35. The number of aryl methyl sites for hydroxylation is 1. The molecule has 0 unspecified atom stereocenters. The van der Waals surface area contributed by atoms with Crippen LogP contribution in [0.1, 0.15) is 54.1 Å². The van der Waals surface area contributed by atoms with Crippen molar-refractivity contribution < 1.29 is 5.11 Å². The Morgan fingerprint density at radius 2 is 2.00 bits per heavy atom. The van der Waals surface area contributed by atoms with Gasteiger partial charge in [0.1, 0.15) is 4.60 Å². The predicted molar refractivity (Wildman–Crippen MR) is 106 cm³/mol. The minimum Gasteiger partial charge on any atom is -0.385 e. The van der Waals surface area contributed by atoms with Crippen LogP contribution in [0.2, 0.25) is 0 Å². The Labute approximate surface area is 161 Å². The van der Waals surface area contributed by atoms with E-state index in [4.69, 9.17) is 0 Å². The molecule has 3 N–H and O–H groups in total. The van der Waals surface area contributed by atoms with Gasteiger partial charge in [0.25, 0.3) is 0 Å². The molecular formula is C21H22BrN3O. The molecule has 3 aromatic rings. The number of nitrogens with one attached hydrogen (secondary N) is 2. The van der Waals surface area contributed by atoms with Gasteiger partial charge in [0, 0.05) is 23.8 Å². The van der Waals surface area contributed by atoms with E-state index in [9.17, 15) is 5.11 Å². The number of aromatic nitrogens is 2. The van der Waals surface area contributed by atoms with E-state index in [-0.39, 0.29) is 0 Å². The van der Waals surface area contributed by atoms with E-state index in [1.54, 1.807) is 0 Å². The van der Waals surface area contributed by atoms with Gasteiger partial charge >= 0.3 is 0 Å². The summed E-state index contributed by atoms with van der Waals surface area (Å²) in [6.45, 7) is 0.829. The van der Waals surface area contributed by atoms with Crippen molar-refractivity contribution in [1.82, 2.24) is 15.3 Å². The summed E-state index contributed by atoms with van der Waals surface area (Å²) in [7, 11) is 0. The number of H-pyrrole nitrogens is 1. The first kappa shape index (κ1) is 16.5. The molecule has 5 rings (SSSR count). The lowest BCUT2D eigenvalue weighted by molar-refractivity contribution is 0.151. The van der Waals surface area contributed by atoms with Crippen molar-refractivity contribution in [2.75, 3.05) is 0 Å². The molecule has 2 heterocycles.